The van der Waals surface area contributed by atoms with Crippen molar-refractivity contribution in [3.05, 3.63) is 23.8 Å². The van der Waals surface area contributed by atoms with E-state index in [0.29, 0.717) is 18.2 Å². The molecule has 7 heteroatoms. The molecule has 120 valence electrons. The molecule has 1 aromatic rings. The Balaban J connectivity index is 0.00000220. The second kappa shape index (κ2) is 7.45. The SMILES string of the molecule is COc1ccc(C)cc1S(=O)(=O)NC1CNCCC1C.Cl. The van der Waals surface area contributed by atoms with Crippen molar-refractivity contribution in [3.8, 4) is 5.75 Å². The molecule has 1 fully saturated rings. The topological polar surface area (TPSA) is 67.4 Å². The van der Waals surface area contributed by atoms with Gasteiger partial charge in [0, 0.05) is 12.6 Å². The van der Waals surface area contributed by atoms with Crippen molar-refractivity contribution in [2.75, 3.05) is 20.2 Å². The molecule has 1 aliphatic heterocycles. The van der Waals surface area contributed by atoms with Crippen LogP contribution in [-0.4, -0.2) is 34.7 Å². The number of benzene rings is 1. The lowest BCUT2D eigenvalue weighted by Crippen LogP contribution is -2.50. The van der Waals surface area contributed by atoms with Crippen LogP contribution in [0.4, 0.5) is 0 Å². The van der Waals surface area contributed by atoms with Crippen LogP contribution in [-0.2, 0) is 10.0 Å². The minimum absolute atomic E-state index is 0. The summed E-state index contributed by atoms with van der Waals surface area (Å²) in [6, 6.07) is 5.08. The third kappa shape index (κ3) is 4.32. The standard InChI is InChI=1S/C14H22N2O3S.ClH/c1-10-4-5-13(19-3)14(8-10)20(17,18)16-12-9-15-7-6-11(12)2;/h4-5,8,11-12,15-16H,6-7,9H2,1-3H3;1H. The number of halogens is 1. The average Bonchev–Trinajstić information content (AvgIpc) is 2.41. The van der Waals surface area contributed by atoms with Gasteiger partial charge in [-0.1, -0.05) is 13.0 Å². The number of ether oxygens (including phenoxy) is 1. The van der Waals surface area contributed by atoms with Crippen molar-refractivity contribution >= 4 is 22.4 Å². The highest BCUT2D eigenvalue weighted by atomic mass is 35.5. The first kappa shape index (κ1) is 18.2. The first-order chi connectivity index (χ1) is 9.44. The molecular weight excluding hydrogens is 312 g/mol. The highest BCUT2D eigenvalue weighted by Gasteiger charge is 2.28. The molecule has 0 spiro atoms. The summed E-state index contributed by atoms with van der Waals surface area (Å²) in [5, 5.41) is 3.22. The molecule has 1 saturated heterocycles. The quantitative estimate of drug-likeness (QED) is 0.879. The third-order valence-corrected chi connectivity index (χ3v) is 5.25. The van der Waals surface area contributed by atoms with Gasteiger partial charge in [-0.2, -0.15) is 0 Å². The molecule has 0 amide bonds. The largest absolute Gasteiger partial charge is 0.495 e. The van der Waals surface area contributed by atoms with Gasteiger partial charge in [-0.3, -0.25) is 0 Å². The van der Waals surface area contributed by atoms with Gasteiger partial charge in [0.15, 0.2) is 0 Å². The van der Waals surface area contributed by atoms with Crippen LogP contribution in [0.1, 0.15) is 18.9 Å². The Hall–Kier alpha value is -0.820. The molecule has 0 bridgehead atoms. The highest BCUT2D eigenvalue weighted by Crippen LogP contribution is 2.25. The molecule has 1 heterocycles. The van der Waals surface area contributed by atoms with E-state index in [-0.39, 0.29) is 23.3 Å². The van der Waals surface area contributed by atoms with Crippen LogP contribution in [0.2, 0.25) is 0 Å². The third-order valence-electron chi connectivity index (χ3n) is 3.74. The van der Waals surface area contributed by atoms with E-state index in [2.05, 4.69) is 17.0 Å². The minimum atomic E-state index is -3.57. The van der Waals surface area contributed by atoms with Gasteiger partial charge in [0.25, 0.3) is 0 Å². The van der Waals surface area contributed by atoms with Gasteiger partial charge in [0.05, 0.1) is 7.11 Å². The van der Waals surface area contributed by atoms with Gasteiger partial charge in [0.2, 0.25) is 10.0 Å². The zero-order valence-corrected chi connectivity index (χ0v) is 14.2. The predicted molar refractivity (Wildman–Crippen MR) is 85.7 cm³/mol. The average molecular weight is 335 g/mol. The molecule has 21 heavy (non-hydrogen) atoms. The van der Waals surface area contributed by atoms with E-state index >= 15 is 0 Å². The van der Waals surface area contributed by atoms with Gasteiger partial charge >= 0.3 is 0 Å². The van der Waals surface area contributed by atoms with Crippen molar-refractivity contribution in [1.29, 1.82) is 0 Å². The lowest BCUT2D eigenvalue weighted by molar-refractivity contribution is 0.326. The van der Waals surface area contributed by atoms with Crippen LogP contribution in [0, 0.1) is 12.8 Å². The molecule has 0 aliphatic carbocycles. The Morgan fingerprint density at radius 1 is 1.38 bits per heavy atom. The summed E-state index contributed by atoms with van der Waals surface area (Å²) in [4.78, 5) is 0.206. The van der Waals surface area contributed by atoms with Gasteiger partial charge < -0.3 is 10.1 Å². The number of piperidine rings is 1. The molecule has 0 saturated carbocycles. The molecule has 5 nitrogen and oxygen atoms in total. The lowest BCUT2D eigenvalue weighted by atomic mass is 9.96. The summed E-state index contributed by atoms with van der Waals surface area (Å²) in [6.07, 6.45) is 0.970. The number of nitrogens with one attached hydrogen (secondary N) is 2. The monoisotopic (exact) mass is 334 g/mol. The van der Waals surface area contributed by atoms with Gasteiger partial charge in [-0.05, 0) is 43.5 Å². The Morgan fingerprint density at radius 3 is 2.71 bits per heavy atom. The number of rotatable bonds is 4. The normalized spacial score (nSPS) is 22.4. The Kier molecular flexibility index (Phi) is 6.46. The van der Waals surface area contributed by atoms with Crippen LogP contribution >= 0.6 is 12.4 Å². The van der Waals surface area contributed by atoms with Crippen molar-refractivity contribution < 1.29 is 13.2 Å². The number of hydrogen-bond donors (Lipinski definition) is 2. The Morgan fingerprint density at radius 2 is 2.10 bits per heavy atom. The fraction of sp³-hybridized carbons (Fsp3) is 0.571. The maximum atomic E-state index is 12.6. The smallest absolute Gasteiger partial charge is 0.244 e. The number of aryl methyl sites for hydroxylation is 1. The molecular formula is C14H23ClN2O3S. The second-order valence-corrected chi connectivity index (χ2v) is 7.03. The lowest BCUT2D eigenvalue weighted by Gasteiger charge is -2.30. The van der Waals surface area contributed by atoms with Gasteiger partial charge in [-0.25, -0.2) is 13.1 Å². The zero-order valence-electron chi connectivity index (χ0n) is 12.5. The fourth-order valence-corrected chi connectivity index (χ4v) is 4.00. The van der Waals surface area contributed by atoms with E-state index < -0.39 is 10.0 Å². The molecule has 2 rings (SSSR count). The molecule has 2 unspecified atom stereocenters. The van der Waals surface area contributed by atoms with Crippen LogP contribution in [0.5, 0.6) is 5.75 Å². The highest BCUT2D eigenvalue weighted by molar-refractivity contribution is 7.89. The van der Waals surface area contributed by atoms with Crippen LogP contribution in [0.25, 0.3) is 0 Å². The molecule has 0 radical (unpaired) electrons. The summed E-state index contributed by atoms with van der Waals surface area (Å²) in [7, 11) is -2.09. The first-order valence-corrected chi connectivity index (χ1v) is 8.30. The second-order valence-electron chi connectivity index (χ2n) is 5.35. The summed E-state index contributed by atoms with van der Waals surface area (Å²) in [5.41, 5.74) is 0.890. The van der Waals surface area contributed by atoms with Crippen molar-refractivity contribution in [1.82, 2.24) is 10.0 Å². The molecule has 1 aromatic carbocycles. The molecule has 2 atom stereocenters. The maximum Gasteiger partial charge on any atom is 0.244 e. The van der Waals surface area contributed by atoms with Crippen LogP contribution in [0.3, 0.4) is 0 Å². The summed E-state index contributed by atoms with van der Waals surface area (Å²) in [6.45, 7) is 5.53. The van der Waals surface area contributed by atoms with E-state index in [9.17, 15) is 8.42 Å². The zero-order chi connectivity index (χ0) is 14.8. The van der Waals surface area contributed by atoms with Crippen LogP contribution < -0.4 is 14.8 Å². The summed E-state index contributed by atoms with van der Waals surface area (Å²) >= 11 is 0. The van der Waals surface area contributed by atoms with E-state index in [1.807, 2.05) is 13.0 Å². The molecule has 0 aromatic heterocycles. The first-order valence-electron chi connectivity index (χ1n) is 6.81. The minimum Gasteiger partial charge on any atom is -0.495 e. The maximum absolute atomic E-state index is 12.6. The Labute approximate surface area is 132 Å². The summed E-state index contributed by atoms with van der Waals surface area (Å²) in [5.74, 6) is 0.696. The fourth-order valence-electron chi connectivity index (χ4n) is 2.40. The van der Waals surface area contributed by atoms with Gasteiger partial charge in [0.1, 0.15) is 10.6 Å². The van der Waals surface area contributed by atoms with Crippen molar-refractivity contribution in [3.63, 3.8) is 0 Å². The van der Waals surface area contributed by atoms with E-state index in [0.717, 1.165) is 18.5 Å². The summed E-state index contributed by atoms with van der Waals surface area (Å²) < 4.78 is 33.1. The predicted octanol–water partition coefficient (Wildman–Crippen LogP) is 1.70. The number of sulfonamides is 1. The van der Waals surface area contributed by atoms with E-state index in [1.54, 1.807) is 12.1 Å². The Bertz CT molecular complexity index is 578. The number of hydrogen-bond acceptors (Lipinski definition) is 4. The van der Waals surface area contributed by atoms with Crippen molar-refractivity contribution in [2.24, 2.45) is 5.92 Å². The van der Waals surface area contributed by atoms with Gasteiger partial charge in [-0.15, -0.1) is 12.4 Å². The molecule has 2 N–H and O–H groups in total. The number of methoxy groups -OCH3 is 1. The van der Waals surface area contributed by atoms with E-state index in [4.69, 9.17) is 4.74 Å². The van der Waals surface area contributed by atoms with Crippen molar-refractivity contribution in [2.45, 2.75) is 31.2 Å². The molecule has 1 aliphatic rings. The van der Waals surface area contributed by atoms with Crippen LogP contribution in [0.15, 0.2) is 23.1 Å². The van der Waals surface area contributed by atoms with E-state index in [1.165, 1.54) is 7.11 Å².